The number of carboxylic acids is 1. The van der Waals surface area contributed by atoms with Crippen LogP contribution in [0.1, 0.15) is 6.92 Å². The first-order valence-electron chi connectivity index (χ1n) is 6.45. The van der Waals surface area contributed by atoms with E-state index in [1.54, 1.807) is 0 Å². The van der Waals surface area contributed by atoms with Crippen LogP contribution in [0.3, 0.4) is 0 Å². The number of carbonyl (C=O) groups excluding carboxylic acids is 1. The summed E-state index contributed by atoms with van der Waals surface area (Å²) in [4.78, 5) is 30.7. The molecule has 108 valence electrons. The zero-order valence-corrected chi connectivity index (χ0v) is 12.1. The second kappa shape index (κ2) is 5.25. The SMILES string of the molecule is CCn1c(SCC(=O)[O-])nc2c([nH]c3ccccc32)c1=O. The summed E-state index contributed by atoms with van der Waals surface area (Å²) in [5.74, 6) is -1.42. The second-order valence-corrected chi connectivity index (χ2v) is 5.44. The van der Waals surface area contributed by atoms with Gasteiger partial charge in [0.2, 0.25) is 0 Å². The van der Waals surface area contributed by atoms with Gasteiger partial charge < -0.3 is 14.9 Å². The van der Waals surface area contributed by atoms with Crippen LogP contribution in [0, 0.1) is 0 Å². The molecule has 6 nitrogen and oxygen atoms in total. The van der Waals surface area contributed by atoms with Crippen molar-refractivity contribution < 1.29 is 9.90 Å². The van der Waals surface area contributed by atoms with Gasteiger partial charge in [-0.2, -0.15) is 0 Å². The van der Waals surface area contributed by atoms with Gasteiger partial charge in [0.15, 0.2) is 5.16 Å². The van der Waals surface area contributed by atoms with Gasteiger partial charge in [0.1, 0.15) is 11.0 Å². The van der Waals surface area contributed by atoms with Crippen LogP contribution in [-0.4, -0.2) is 26.3 Å². The normalized spacial score (nSPS) is 11.3. The summed E-state index contributed by atoms with van der Waals surface area (Å²) in [6.45, 7) is 2.24. The van der Waals surface area contributed by atoms with Gasteiger partial charge in [0.25, 0.3) is 5.56 Å². The molecule has 0 amide bonds. The number of hydrogen-bond donors (Lipinski definition) is 1. The number of thioether (sulfide) groups is 1. The molecular formula is C14H12N3O3S-. The summed E-state index contributed by atoms with van der Waals surface area (Å²) < 4.78 is 1.46. The largest absolute Gasteiger partial charge is 0.549 e. The number of para-hydroxylation sites is 1. The summed E-state index contributed by atoms with van der Waals surface area (Å²) in [6.07, 6.45) is 0. The fraction of sp³-hybridized carbons (Fsp3) is 0.214. The maximum atomic E-state index is 12.5. The Kier molecular flexibility index (Phi) is 3.42. The van der Waals surface area contributed by atoms with E-state index in [0.717, 1.165) is 22.7 Å². The highest BCUT2D eigenvalue weighted by Gasteiger charge is 2.14. The third-order valence-electron chi connectivity index (χ3n) is 3.21. The Labute approximate surface area is 123 Å². The van der Waals surface area contributed by atoms with E-state index in [-0.39, 0.29) is 11.3 Å². The number of rotatable bonds is 4. The highest BCUT2D eigenvalue weighted by Crippen LogP contribution is 2.24. The maximum absolute atomic E-state index is 12.5. The minimum atomic E-state index is -1.18. The van der Waals surface area contributed by atoms with Gasteiger partial charge in [-0.15, -0.1) is 0 Å². The summed E-state index contributed by atoms with van der Waals surface area (Å²) in [6, 6.07) is 7.50. The number of nitrogens with one attached hydrogen (secondary N) is 1. The molecule has 0 saturated carbocycles. The van der Waals surface area contributed by atoms with Crippen LogP contribution < -0.4 is 10.7 Å². The summed E-state index contributed by atoms with van der Waals surface area (Å²) in [5.41, 5.74) is 1.65. The van der Waals surface area contributed by atoms with Crippen molar-refractivity contribution in [1.82, 2.24) is 14.5 Å². The van der Waals surface area contributed by atoms with Gasteiger partial charge in [-0.05, 0) is 13.0 Å². The first-order chi connectivity index (χ1) is 10.1. The molecule has 0 spiro atoms. The number of aliphatic carboxylic acids is 1. The first kappa shape index (κ1) is 13.7. The molecule has 0 aliphatic rings. The monoisotopic (exact) mass is 302 g/mol. The van der Waals surface area contributed by atoms with E-state index in [9.17, 15) is 14.7 Å². The van der Waals surface area contributed by atoms with Crippen LogP contribution >= 0.6 is 11.8 Å². The molecule has 0 aliphatic carbocycles. The summed E-state index contributed by atoms with van der Waals surface area (Å²) in [7, 11) is 0. The maximum Gasteiger partial charge on any atom is 0.278 e. The van der Waals surface area contributed by atoms with Crippen molar-refractivity contribution >= 4 is 39.7 Å². The smallest absolute Gasteiger partial charge is 0.278 e. The lowest BCUT2D eigenvalue weighted by Crippen LogP contribution is -2.26. The van der Waals surface area contributed by atoms with Crippen molar-refractivity contribution in [3.05, 3.63) is 34.6 Å². The lowest BCUT2D eigenvalue weighted by Gasteiger charge is -2.09. The third-order valence-corrected chi connectivity index (χ3v) is 4.16. The Hall–Kier alpha value is -2.28. The van der Waals surface area contributed by atoms with Crippen LogP contribution in [0.4, 0.5) is 0 Å². The van der Waals surface area contributed by atoms with Crippen LogP contribution in [0.2, 0.25) is 0 Å². The Balaban J connectivity index is 2.29. The van der Waals surface area contributed by atoms with E-state index < -0.39 is 5.97 Å². The number of fused-ring (bicyclic) bond motifs is 3. The average Bonchev–Trinajstić information content (AvgIpc) is 2.84. The van der Waals surface area contributed by atoms with E-state index in [0.29, 0.717) is 22.7 Å². The molecule has 3 aromatic rings. The molecule has 7 heteroatoms. The number of aromatic amines is 1. The molecule has 1 aromatic carbocycles. The summed E-state index contributed by atoms with van der Waals surface area (Å²) in [5, 5.41) is 11.9. The predicted octanol–water partition coefficient (Wildman–Crippen LogP) is 0.740. The van der Waals surface area contributed by atoms with Gasteiger partial charge in [0.05, 0.1) is 5.97 Å². The van der Waals surface area contributed by atoms with E-state index in [2.05, 4.69) is 9.97 Å². The van der Waals surface area contributed by atoms with Crippen molar-refractivity contribution in [1.29, 1.82) is 0 Å². The zero-order valence-electron chi connectivity index (χ0n) is 11.3. The predicted molar refractivity (Wildman–Crippen MR) is 79.3 cm³/mol. The van der Waals surface area contributed by atoms with Crippen molar-refractivity contribution in [2.45, 2.75) is 18.6 Å². The van der Waals surface area contributed by atoms with Gasteiger partial charge >= 0.3 is 0 Å². The number of benzene rings is 1. The van der Waals surface area contributed by atoms with Gasteiger partial charge in [-0.25, -0.2) is 4.98 Å². The highest BCUT2D eigenvalue weighted by molar-refractivity contribution is 7.99. The van der Waals surface area contributed by atoms with Crippen molar-refractivity contribution in [3.63, 3.8) is 0 Å². The second-order valence-electron chi connectivity index (χ2n) is 4.50. The molecule has 0 unspecified atom stereocenters. The topological polar surface area (TPSA) is 90.8 Å². The average molecular weight is 302 g/mol. The number of carbonyl (C=O) groups is 1. The van der Waals surface area contributed by atoms with E-state index in [4.69, 9.17) is 0 Å². The molecule has 21 heavy (non-hydrogen) atoms. The molecule has 0 aliphatic heterocycles. The molecular weight excluding hydrogens is 290 g/mol. The van der Waals surface area contributed by atoms with Crippen LogP contribution in [0.15, 0.2) is 34.2 Å². The van der Waals surface area contributed by atoms with Crippen LogP contribution in [0.25, 0.3) is 21.9 Å². The number of aromatic nitrogens is 3. The minimum absolute atomic E-state index is 0.195. The highest BCUT2D eigenvalue weighted by atomic mass is 32.2. The third kappa shape index (κ3) is 2.29. The molecule has 1 N–H and O–H groups in total. The lowest BCUT2D eigenvalue weighted by molar-refractivity contribution is -0.301. The molecule has 0 atom stereocenters. The molecule has 2 aromatic heterocycles. The Morgan fingerprint density at radius 1 is 1.43 bits per heavy atom. The Morgan fingerprint density at radius 3 is 2.90 bits per heavy atom. The van der Waals surface area contributed by atoms with Crippen molar-refractivity contribution in [2.24, 2.45) is 0 Å². The zero-order chi connectivity index (χ0) is 15.0. The number of nitrogens with zero attached hydrogens (tertiary/aromatic N) is 2. The van der Waals surface area contributed by atoms with E-state index in [1.165, 1.54) is 4.57 Å². The molecule has 0 bridgehead atoms. The fourth-order valence-corrected chi connectivity index (χ4v) is 3.06. The fourth-order valence-electron chi connectivity index (χ4n) is 2.29. The Morgan fingerprint density at radius 2 is 2.19 bits per heavy atom. The molecule has 0 fully saturated rings. The molecule has 3 rings (SSSR count). The quantitative estimate of drug-likeness (QED) is 0.567. The number of H-pyrrole nitrogens is 1. The van der Waals surface area contributed by atoms with E-state index >= 15 is 0 Å². The standard InChI is InChI=1S/C14H13N3O3S/c1-2-17-13(20)12-11(16-14(17)21-7-10(18)19)8-5-3-4-6-9(8)15-12/h3-6,15H,2,7H2,1H3,(H,18,19)/p-1. The molecule has 0 saturated heterocycles. The summed E-state index contributed by atoms with van der Waals surface area (Å²) >= 11 is 0.997. The Bertz CT molecular complexity index is 897. The number of hydrogen-bond acceptors (Lipinski definition) is 5. The first-order valence-corrected chi connectivity index (χ1v) is 7.44. The molecule has 2 heterocycles. The van der Waals surface area contributed by atoms with Crippen molar-refractivity contribution in [2.75, 3.05) is 5.75 Å². The van der Waals surface area contributed by atoms with Gasteiger partial charge in [-0.1, -0.05) is 30.0 Å². The van der Waals surface area contributed by atoms with Gasteiger partial charge in [0, 0.05) is 23.2 Å². The number of carboxylic acid groups (broad SMARTS) is 1. The minimum Gasteiger partial charge on any atom is -0.549 e. The lowest BCUT2D eigenvalue weighted by atomic mass is 10.2. The van der Waals surface area contributed by atoms with Crippen LogP contribution in [-0.2, 0) is 11.3 Å². The van der Waals surface area contributed by atoms with Gasteiger partial charge in [-0.3, -0.25) is 9.36 Å². The van der Waals surface area contributed by atoms with Crippen LogP contribution in [0.5, 0.6) is 0 Å². The van der Waals surface area contributed by atoms with Crippen molar-refractivity contribution in [3.8, 4) is 0 Å². The van der Waals surface area contributed by atoms with E-state index in [1.807, 2.05) is 31.2 Å². The molecule has 0 radical (unpaired) electrons.